The second-order valence-electron chi connectivity index (χ2n) is 11.2. The van der Waals surface area contributed by atoms with E-state index in [-0.39, 0.29) is 47.2 Å². The number of hydrogen-bond acceptors (Lipinski definition) is 9. The lowest BCUT2D eigenvalue weighted by Crippen LogP contribution is -2.47. The Kier molecular flexibility index (Phi) is 7.53. The van der Waals surface area contributed by atoms with Gasteiger partial charge in [0.1, 0.15) is 0 Å². The SMILES string of the molecule is Cn1c(=O)oc2cc(S(=O)(=O)N3CCC(C(=O)N4CCCC(Cc5nc(C6CCOCC6)no5)C4)CC3)ccc21. The van der Waals surface area contributed by atoms with Gasteiger partial charge in [-0.3, -0.25) is 9.36 Å². The molecule has 1 amide bonds. The van der Waals surface area contributed by atoms with Gasteiger partial charge in [0.15, 0.2) is 11.4 Å². The highest BCUT2D eigenvalue weighted by molar-refractivity contribution is 7.89. The third-order valence-electron chi connectivity index (χ3n) is 8.57. The molecule has 1 atom stereocenters. The molecule has 0 spiro atoms. The summed E-state index contributed by atoms with van der Waals surface area (Å²) in [4.78, 5) is 31.9. The minimum Gasteiger partial charge on any atom is -0.408 e. The standard InChI is InChI=1S/C27H35N5O7S/c1-30-22-5-4-21(16-23(22)38-27(30)34)40(35,36)32-11-6-20(7-12-32)26(33)31-10-2-3-18(17-31)15-24-28-25(29-39-24)19-8-13-37-14-9-19/h4-5,16,18-20H,2-3,6-15,17H2,1H3. The number of ether oxygens (including phenoxy) is 1. The molecular weight excluding hydrogens is 538 g/mol. The Morgan fingerprint density at radius 3 is 2.62 bits per heavy atom. The predicted octanol–water partition coefficient (Wildman–Crippen LogP) is 2.29. The van der Waals surface area contributed by atoms with Crippen LogP contribution in [0.3, 0.4) is 0 Å². The Hall–Kier alpha value is -3.03. The third-order valence-corrected chi connectivity index (χ3v) is 10.5. The molecule has 5 heterocycles. The van der Waals surface area contributed by atoms with Crippen molar-refractivity contribution in [2.45, 2.75) is 55.8 Å². The van der Waals surface area contributed by atoms with Crippen molar-refractivity contribution in [3.05, 3.63) is 40.5 Å². The number of sulfonamides is 1. The van der Waals surface area contributed by atoms with Crippen LogP contribution in [0.15, 0.2) is 36.8 Å². The van der Waals surface area contributed by atoms with Gasteiger partial charge >= 0.3 is 5.76 Å². The number of aryl methyl sites for hydroxylation is 1. The van der Waals surface area contributed by atoms with E-state index in [0.717, 1.165) is 44.7 Å². The van der Waals surface area contributed by atoms with Crippen molar-refractivity contribution < 1.29 is 26.9 Å². The molecule has 3 fully saturated rings. The number of nitrogens with zero attached hydrogens (tertiary/aromatic N) is 5. The number of carbonyl (C=O) groups excluding carboxylic acids is 1. The smallest absolute Gasteiger partial charge is 0.408 e. The lowest BCUT2D eigenvalue weighted by atomic mass is 9.91. The van der Waals surface area contributed by atoms with Crippen molar-refractivity contribution in [1.82, 2.24) is 23.9 Å². The fraction of sp³-hybridized carbons (Fsp3) is 0.630. The fourth-order valence-electron chi connectivity index (χ4n) is 6.18. The number of aromatic nitrogens is 3. The molecule has 3 aliphatic rings. The summed E-state index contributed by atoms with van der Waals surface area (Å²) in [7, 11) is -2.20. The Balaban J connectivity index is 1.04. The molecule has 0 bridgehead atoms. The highest BCUT2D eigenvalue weighted by Crippen LogP contribution is 2.30. The normalized spacial score (nSPS) is 22.2. The average Bonchev–Trinajstić information content (AvgIpc) is 3.56. The maximum atomic E-state index is 13.4. The van der Waals surface area contributed by atoms with Crippen molar-refractivity contribution in [2.75, 3.05) is 39.4 Å². The van der Waals surface area contributed by atoms with Gasteiger partial charge in [-0.15, -0.1) is 0 Å². The van der Waals surface area contributed by atoms with Gasteiger partial charge in [-0.1, -0.05) is 5.16 Å². The molecule has 2 aromatic heterocycles. The van der Waals surface area contributed by atoms with Crippen LogP contribution in [0.2, 0.25) is 0 Å². The number of fused-ring (bicyclic) bond motifs is 1. The summed E-state index contributed by atoms with van der Waals surface area (Å²) in [6.45, 7) is 3.35. The van der Waals surface area contributed by atoms with Crippen LogP contribution in [-0.2, 0) is 33.0 Å². The first-order chi connectivity index (χ1) is 19.3. The van der Waals surface area contributed by atoms with Gasteiger partial charge in [-0.05, 0) is 56.6 Å². The highest BCUT2D eigenvalue weighted by atomic mass is 32.2. The zero-order valence-corrected chi connectivity index (χ0v) is 23.5. The molecule has 0 aliphatic carbocycles. The fourth-order valence-corrected chi connectivity index (χ4v) is 7.66. The van der Waals surface area contributed by atoms with Crippen LogP contribution in [-0.4, -0.2) is 77.6 Å². The molecule has 0 saturated carbocycles. The van der Waals surface area contributed by atoms with E-state index in [4.69, 9.17) is 13.7 Å². The highest BCUT2D eigenvalue weighted by Gasteiger charge is 2.36. The van der Waals surface area contributed by atoms with E-state index >= 15 is 0 Å². The number of benzene rings is 1. The van der Waals surface area contributed by atoms with Crippen molar-refractivity contribution in [3.63, 3.8) is 0 Å². The van der Waals surface area contributed by atoms with E-state index in [2.05, 4.69) is 10.1 Å². The summed E-state index contributed by atoms with van der Waals surface area (Å²) < 4.78 is 45.5. The zero-order valence-electron chi connectivity index (χ0n) is 22.7. The van der Waals surface area contributed by atoms with Crippen LogP contribution in [0.5, 0.6) is 0 Å². The second-order valence-corrected chi connectivity index (χ2v) is 13.1. The number of carbonyl (C=O) groups is 1. The largest absolute Gasteiger partial charge is 0.419 e. The summed E-state index contributed by atoms with van der Waals surface area (Å²) >= 11 is 0. The summed E-state index contributed by atoms with van der Waals surface area (Å²) in [6.07, 6.45) is 5.34. The molecule has 3 aliphatic heterocycles. The first-order valence-electron chi connectivity index (χ1n) is 14.1. The van der Waals surface area contributed by atoms with Gasteiger partial charge in [0.05, 0.1) is 10.4 Å². The van der Waals surface area contributed by atoms with E-state index in [9.17, 15) is 18.0 Å². The number of likely N-dealkylation sites (tertiary alicyclic amines) is 1. The van der Waals surface area contributed by atoms with Gasteiger partial charge in [-0.2, -0.15) is 9.29 Å². The molecule has 3 saturated heterocycles. The monoisotopic (exact) mass is 573 g/mol. The van der Waals surface area contributed by atoms with Crippen LogP contribution in [0.4, 0.5) is 0 Å². The quantitative estimate of drug-likeness (QED) is 0.434. The van der Waals surface area contributed by atoms with E-state index in [1.54, 1.807) is 13.1 Å². The Morgan fingerprint density at radius 1 is 1.07 bits per heavy atom. The molecule has 12 nitrogen and oxygen atoms in total. The topological polar surface area (TPSA) is 141 Å². The van der Waals surface area contributed by atoms with Gasteiger partial charge in [0, 0.05) is 70.8 Å². The second kappa shape index (κ2) is 11.1. The van der Waals surface area contributed by atoms with Gasteiger partial charge in [0.2, 0.25) is 21.8 Å². The van der Waals surface area contributed by atoms with Crippen molar-refractivity contribution in [3.8, 4) is 0 Å². The van der Waals surface area contributed by atoms with E-state index in [1.807, 2.05) is 4.90 Å². The number of amides is 1. The van der Waals surface area contributed by atoms with E-state index in [0.29, 0.717) is 43.8 Å². The lowest BCUT2D eigenvalue weighted by molar-refractivity contribution is -0.138. The third kappa shape index (κ3) is 5.34. The Bertz CT molecular complexity index is 1530. The molecule has 6 rings (SSSR count). The maximum Gasteiger partial charge on any atom is 0.419 e. The molecule has 0 N–H and O–H groups in total. The molecule has 1 aromatic carbocycles. The average molecular weight is 574 g/mol. The zero-order chi connectivity index (χ0) is 27.9. The first-order valence-corrected chi connectivity index (χ1v) is 15.5. The Labute approximate surface area is 232 Å². The lowest BCUT2D eigenvalue weighted by Gasteiger charge is -2.37. The summed E-state index contributed by atoms with van der Waals surface area (Å²) in [6, 6.07) is 4.47. The maximum absolute atomic E-state index is 13.4. The van der Waals surface area contributed by atoms with Crippen LogP contribution < -0.4 is 5.76 Å². The molecule has 216 valence electrons. The van der Waals surface area contributed by atoms with Crippen molar-refractivity contribution in [1.29, 1.82) is 0 Å². The number of rotatable bonds is 6. The number of piperidine rings is 2. The summed E-state index contributed by atoms with van der Waals surface area (Å²) in [5.41, 5.74) is 0.769. The molecule has 1 unspecified atom stereocenters. The van der Waals surface area contributed by atoms with E-state index in [1.165, 1.54) is 21.0 Å². The van der Waals surface area contributed by atoms with Gasteiger partial charge in [-0.25, -0.2) is 13.2 Å². The van der Waals surface area contributed by atoms with Gasteiger partial charge in [0.25, 0.3) is 0 Å². The molecule has 3 aromatic rings. The number of hydrogen-bond donors (Lipinski definition) is 0. The molecule has 0 radical (unpaired) electrons. The van der Waals surface area contributed by atoms with Crippen LogP contribution in [0, 0.1) is 11.8 Å². The van der Waals surface area contributed by atoms with Crippen molar-refractivity contribution >= 4 is 27.0 Å². The summed E-state index contributed by atoms with van der Waals surface area (Å²) in [5.74, 6) is 1.29. The minimum atomic E-state index is -3.77. The summed E-state index contributed by atoms with van der Waals surface area (Å²) in [5, 5.41) is 4.21. The Morgan fingerprint density at radius 2 is 1.85 bits per heavy atom. The van der Waals surface area contributed by atoms with Crippen molar-refractivity contribution in [2.24, 2.45) is 18.9 Å². The predicted molar refractivity (Wildman–Crippen MR) is 143 cm³/mol. The van der Waals surface area contributed by atoms with Crippen LogP contribution >= 0.6 is 0 Å². The molecule has 13 heteroatoms. The molecular formula is C27H35N5O7S. The molecule has 40 heavy (non-hydrogen) atoms. The van der Waals surface area contributed by atoms with Crippen LogP contribution in [0.1, 0.15) is 56.2 Å². The first kappa shape index (κ1) is 27.2. The minimum absolute atomic E-state index is 0.0824. The van der Waals surface area contributed by atoms with Gasteiger partial charge < -0.3 is 18.6 Å². The van der Waals surface area contributed by atoms with E-state index < -0.39 is 15.8 Å². The van der Waals surface area contributed by atoms with Crippen LogP contribution in [0.25, 0.3) is 11.1 Å². The number of oxazole rings is 1.